The molecule has 3 N–H and O–H groups in total. The zero-order chi connectivity index (χ0) is 14.1. The van der Waals surface area contributed by atoms with Crippen LogP contribution in [0.15, 0.2) is 6.07 Å². The zero-order valence-corrected chi connectivity index (χ0v) is 9.72. The molecule has 0 spiro atoms. The smallest absolute Gasteiger partial charge is 0.255 e. The Morgan fingerprint density at radius 3 is 2.39 bits per heavy atom. The van der Waals surface area contributed by atoms with Gasteiger partial charge in [-0.05, 0) is 19.9 Å². The molecule has 0 aliphatic rings. The Morgan fingerprint density at radius 2 is 1.89 bits per heavy atom. The number of phenols is 1. The predicted octanol–water partition coefficient (Wildman–Crippen LogP) is 1.31. The lowest BCUT2D eigenvalue weighted by Gasteiger charge is -2.23. The van der Waals surface area contributed by atoms with Crippen molar-refractivity contribution < 1.29 is 28.2 Å². The van der Waals surface area contributed by atoms with Crippen molar-refractivity contribution in [3.8, 4) is 5.75 Å². The first-order chi connectivity index (χ1) is 8.19. The van der Waals surface area contributed by atoms with Crippen LogP contribution in [0.2, 0.25) is 0 Å². The maximum Gasteiger partial charge on any atom is 0.255 e. The van der Waals surface area contributed by atoms with E-state index in [2.05, 4.69) is 5.32 Å². The molecule has 0 fully saturated rings. The summed E-state index contributed by atoms with van der Waals surface area (Å²) in [6.45, 7) is 2.46. The highest BCUT2D eigenvalue weighted by molar-refractivity contribution is 5.95. The van der Waals surface area contributed by atoms with Crippen LogP contribution in [0.4, 0.5) is 13.2 Å². The molecular weight excluding hydrogens is 251 g/mol. The van der Waals surface area contributed by atoms with Crippen molar-refractivity contribution >= 4 is 5.91 Å². The largest absolute Gasteiger partial charge is 0.503 e. The maximum absolute atomic E-state index is 13.4. The van der Waals surface area contributed by atoms with E-state index in [0.717, 1.165) is 0 Å². The van der Waals surface area contributed by atoms with Gasteiger partial charge in [0.05, 0.1) is 17.7 Å². The molecule has 1 aromatic rings. The predicted molar refractivity (Wildman–Crippen MR) is 56.6 cm³/mol. The molecule has 1 amide bonds. The van der Waals surface area contributed by atoms with Gasteiger partial charge in [-0.3, -0.25) is 4.79 Å². The summed E-state index contributed by atoms with van der Waals surface area (Å²) in [6, 6.07) is 0.340. The van der Waals surface area contributed by atoms with Crippen LogP contribution in [-0.4, -0.2) is 28.3 Å². The van der Waals surface area contributed by atoms with Crippen LogP contribution in [0.1, 0.15) is 24.2 Å². The van der Waals surface area contributed by atoms with Gasteiger partial charge >= 0.3 is 0 Å². The molecule has 1 aromatic carbocycles. The van der Waals surface area contributed by atoms with Gasteiger partial charge in [0.1, 0.15) is 0 Å². The van der Waals surface area contributed by atoms with Gasteiger partial charge in [0.2, 0.25) is 5.82 Å². The molecule has 0 heterocycles. The van der Waals surface area contributed by atoms with E-state index in [9.17, 15) is 18.0 Å². The Balaban J connectivity index is 3.15. The third-order valence-electron chi connectivity index (χ3n) is 2.22. The zero-order valence-electron chi connectivity index (χ0n) is 9.72. The number of hydrogen-bond donors (Lipinski definition) is 3. The van der Waals surface area contributed by atoms with Crippen molar-refractivity contribution in [3.05, 3.63) is 29.1 Å². The van der Waals surface area contributed by atoms with Gasteiger partial charge in [0.25, 0.3) is 5.91 Å². The summed E-state index contributed by atoms with van der Waals surface area (Å²) in [4.78, 5) is 11.6. The molecule has 0 radical (unpaired) electrons. The van der Waals surface area contributed by atoms with Gasteiger partial charge in [0, 0.05) is 0 Å². The monoisotopic (exact) mass is 263 g/mol. The molecule has 0 atom stereocenters. The number of rotatable bonds is 3. The van der Waals surface area contributed by atoms with Gasteiger partial charge in [-0.15, -0.1) is 0 Å². The Labute approximate surface area is 101 Å². The third kappa shape index (κ3) is 2.73. The molecule has 7 heteroatoms. The molecule has 0 aromatic heterocycles. The maximum atomic E-state index is 13.4. The Kier molecular flexibility index (Phi) is 3.85. The number of amides is 1. The van der Waals surface area contributed by atoms with E-state index in [1.165, 1.54) is 13.8 Å². The summed E-state index contributed by atoms with van der Waals surface area (Å²) in [5, 5.41) is 20.1. The van der Waals surface area contributed by atoms with Crippen molar-refractivity contribution in [1.29, 1.82) is 0 Å². The number of carbonyl (C=O) groups is 1. The lowest BCUT2D eigenvalue weighted by Crippen LogP contribution is -2.46. The van der Waals surface area contributed by atoms with Crippen LogP contribution in [0.3, 0.4) is 0 Å². The first-order valence-electron chi connectivity index (χ1n) is 4.99. The van der Waals surface area contributed by atoms with E-state index in [4.69, 9.17) is 10.2 Å². The van der Waals surface area contributed by atoms with Gasteiger partial charge in [-0.1, -0.05) is 0 Å². The molecule has 18 heavy (non-hydrogen) atoms. The van der Waals surface area contributed by atoms with Gasteiger partial charge in [0.15, 0.2) is 17.4 Å². The Bertz CT molecular complexity index is 489. The summed E-state index contributed by atoms with van der Waals surface area (Å²) in [6.07, 6.45) is 0. The van der Waals surface area contributed by atoms with Crippen molar-refractivity contribution in [1.82, 2.24) is 5.32 Å². The average molecular weight is 263 g/mol. The molecule has 100 valence electrons. The number of hydrogen-bond acceptors (Lipinski definition) is 3. The fourth-order valence-corrected chi connectivity index (χ4v) is 1.17. The highest BCUT2D eigenvalue weighted by Crippen LogP contribution is 2.26. The van der Waals surface area contributed by atoms with E-state index < -0.39 is 46.8 Å². The van der Waals surface area contributed by atoms with E-state index in [-0.39, 0.29) is 0 Å². The van der Waals surface area contributed by atoms with Crippen LogP contribution in [0.5, 0.6) is 5.75 Å². The number of phenolic OH excluding ortho intramolecular Hbond substituents is 1. The summed E-state index contributed by atoms with van der Waals surface area (Å²) < 4.78 is 39.2. The number of aliphatic hydroxyl groups is 1. The highest BCUT2D eigenvalue weighted by Gasteiger charge is 2.26. The second-order valence-corrected chi connectivity index (χ2v) is 4.38. The lowest BCUT2D eigenvalue weighted by molar-refractivity contribution is 0.0863. The average Bonchev–Trinajstić information content (AvgIpc) is 2.30. The number of benzene rings is 1. The van der Waals surface area contributed by atoms with Crippen molar-refractivity contribution in [2.45, 2.75) is 19.4 Å². The van der Waals surface area contributed by atoms with Crippen LogP contribution < -0.4 is 5.32 Å². The number of aromatic hydroxyl groups is 1. The minimum absolute atomic E-state index is 0.340. The molecule has 4 nitrogen and oxygen atoms in total. The normalized spacial score (nSPS) is 11.4. The molecule has 0 saturated carbocycles. The lowest BCUT2D eigenvalue weighted by atomic mass is 10.1. The Morgan fingerprint density at radius 1 is 1.33 bits per heavy atom. The van der Waals surface area contributed by atoms with Crippen molar-refractivity contribution in [3.63, 3.8) is 0 Å². The first-order valence-corrected chi connectivity index (χ1v) is 4.99. The number of halogens is 3. The summed E-state index contributed by atoms with van der Waals surface area (Å²) >= 11 is 0. The highest BCUT2D eigenvalue weighted by atomic mass is 19.2. The van der Waals surface area contributed by atoms with E-state index >= 15 is 0 Å². The molecule has 0 aliphatic heterocycles. The van der Waals surface area contributed by atoms with Gasteiger partial charge in [-0.2, -0.15) is 4.39 Å². The van der Waals surface area contributed by atoms with Crippen LogP contribution >= 0.6 is 0 Å². The molecule has 1 rings (SSSR count). The summed E-state index contributed by atoms with van der Waals surface area (Å²) in [7, 11) is 0. The summed E-state index contributed by atoms with van der Waals surface area (Å²) in [5.74, 6) is -7.48. The minimum atomic E-state index is -1.76. The SMILES string of the molecule is CC(C)(CO)NC(=O)c1cc(F)c(F)c(O)c1F. The first kappa shape index (κ1) is 14.3. The van der Waals surface area contributed by atoms with E-state index in [1.54, 1.807) is 0 Å². The second-order valence-electron chi connectivity index (χ2n) is 4.38. The van der Waals surface area contributed by atoms with E-state index in [1.807, 2.05) is 0 Å². The quantitative estimate of drug-likeness (QED) is 0.720. The molecule has 0 saturated heterocycles. The standard InChI is InChI=1S/C11H12F3NO3/c1-11(2,4-16)15-10(18)5-3-6(12)8(14)9(17)7(5)13/h3,16-17H,4H2,1-2H3,(H,15,18). The van der Waals surface area contributed by atoms with E-state index in [0.29, 0.717) is 6.07 Å². The van der Waals surface area contributed by atoms with Gasteiger partial charge in [-0.25, -0.2) is 8.78 Å². The van der Waals surface area contributed by atoms with Crippen LogP contribution in [0, 0.1) is 17.5 Å². The molecule has 0 unspecified atom stereocenters. The number of aliphatic hydroxyl groups excluding tert-OH is 1. The third-order valence-corrected chi connectivity index (χ3v) is 2.22. The molecular formula is C11H12F3NO3. The van der Waals surface area contributed by atoms with Gasteiger partial charge < -0.3 is 15.5 Å². The Hall–Kier alpha value is -1.76. The van der Waals surface area contributed by atoms with Crippen LogP contribution in [0.25, 0.3) is 0 Å². The van der Waals surface area contributed by atoms with Crippen molar-refractivity contribution in [2.24, 2.45) is 0 Å². The topological polar surface area (TPSA) is 69.6 Å². The van der Waals surface area contributed by atoms with Crippen LogP contribution in [-0.2, 0) is 0 Å². The fraction of sp³-hybridized carbons (Fsp3) is 0.364. The fourth-order valence-electron chi connectivity index (χ4n) is 1.17. The second kappa shape index (κ2) is 4.85. The number of nitrogens with one attached hydrogen (secondary N) is 1. The van der Waals surface area contributed by atoms with Crippen molar-refractivity contribution in [2.75, 3.05) is 6.61 Å². The minimum Gasteiger partial charge on any atom is -0.503 e. The number of carbonyl (C=O) groups excluding carboxylic acids is 1. The molecule has 0 bridgehead atoms. The summed E-state index contributed by atoms with van der Waals surface area (Å²) in [5.41, 5.74) is -1.91. The molecule has 0 aliphatic carbocycles.